The number of benzene rings is 6. The van der Waals surface area contributed by atoms with Crippen LogP contribution >= 0.6 is 0 Å². The second kappa shape index (κ2) is 22.2. The summed E-state index contributed by atoms with van der Waals surface area (Å²) in [6.07, 6.45) is -3.56. The molecule has 20 nitrogen and oxygen atoms in total. The predicted octanol–water partition coefficient (Wildman–Crippen LogP) is 5.69. The number of rotatable bonds is 20. The van der Waals surface area contributed by atoms with Crippen molar-refractivity contribution in [2.75, 3.05) is 50.0 Å². The lowest BCUT2D eigenvalue weighted by atomic mass is 9.81. The molecule has 20 heteroatoms. The fourth-order valence-electron chi connectivity index (χ4n) is 10.0. The van der Waals surface area contributed by atoms with Crippen LogP contribution in [0.1, 0.15) is 78.8 Å². The first kappa shape index (κ1) is 51.2. The molecule has 3 aliphatic rings. The van der Waals surface area contributed by atoms with E-state index < -0.39 is 95.1 Å². The Bertz CT molecular complexity index is 3030. The van der Waals surface area contributed by atoms with E-state index in [-0.39, 0.29) is 73.7 Å². The summed E-state index contributed by atoms with van der Waals surface area (Å²) in [6.45, 7) is -0.736. The van der Waals surface area contributed by atoms with Crippen LogP contribution in [0, 0.1) is 0 Å². The standard InChI is InChI=1S/C56H50N6O14/c63-43-19-20-44(64)50-49(43)51(69)47-39(57-21-23-59-53(71)41(25-45(65)66)61-55(73)75-27-37-33-13-5-1-9-29(33)30-10-2-6-14-34(30)37)17-18-40(48(47)52(50)70)58-22-24-60-54(72)42(26-46(67)68)62-56(74)76-28-38-35-15-7-3-11-31(35)32-12-4-8-16-36(32)38/h1-20,37-38,41-42,57-58,63-64H,21-28H2,(H,59,71)(H,60,72)(H,61,73)(H,62,74)(H,65,66)(H,67,68)/t41-,42-/m0/s1. The summed E-state index contributed by atoms with van der Waals surface area (Å²) in [4.78, 5) is 105. The van der Waals surface area contributed by atoms with Crippen LogP contribution in [0.4, 0.5) is 21.0 Å². The molecule has 0 aromatic heterocycles. The molecule has 0 aliphatic heterocycles. The number of aromatic hydroxyl groups is 2. The molecule has 388 valence electrons. The number of aliphatic carboxylic acids is 2. The Balaban J connectivity index is 0.815. The number of nitrogens with one attached hydrogen (secondary N) is 6. The largest absolute Gasteiger partial charge is 0.507 e. The van der Waals surface area contributed by atoms with E-state index >= 15 is 0 Å². The fraction of sp³-hybridized carbons (Fsp3) is 0.214. The van der Waals surface area contributed by atoms with Gasteiger partial charge in [0.2, 0.25) is 23.4 Å². The van der Waals surface area contributed by atoms with E-state index in [0.717, 1.165) is 56.6 Å². The molecule has 6 aromatic carbocycles. The maximum atomic E-state index is 14.2. The van der Waals surface area contributed by atoms with Gasteiger partial charge < -0.3 is 61.8 Å². The van der Waals surface area contributed by atoms with Crippen LogP contribution in [0.3, 0.4) is 0 Å². The quantitative estimate of drug-likeness (QED) is 0.0324. The molecular weight excluding hydrogens is 981 g/mol. The van der Waals surface area contributed by atoms with Gasteiger partial charge >= 0.3 is 24.1 Å². The lowest BCUT2D eigenvalue weighted by Crippen LogP contribution is -2.49. The topological polar surface area (TPSA) is 308 Å². The van der Waals surface area contributed by atoms with E-state index in [9.17, 15) is 58.8 Å². The van der Waals surface area contributed by atoms with Crippen LogP contribution in [-0.2, 0) is 28.7 Å². The van der Waals surface area contributed by atoms with E-state index in [1.165, 1.54) is 12.1 Å². The predicted molar refractivity (Wildman–Crippen MR) is 275 cm³/mol. The molecule has 0 saturated carbocycles. The maximum absolute atomic E-state index is 14.2. The Morgan fingerprint density at radius 2 is 0.776 bits per heavy atom. The molecule has 9 rings (SSSR count). The van der Waals surface area contributed by atoms with Gasteiger partial charge in [0.1, 0.15) is 36.8 Å². The number of alkyl carbamates (subject to hydrolysis) is 2. The molecule has 0 bridgehead atoms. The second-order valence-electron chi connectivity index (χ2n) is 18.1. The van der Waals surface area contributed by atoms with Crippen LogP contribution in [0.25, 0.3) is 22.3 Å². The Kier molecular flexibility index (Phi) is 14.9. The van der Waals surface area contributed by atoms with Crippen LogP contribution in [0.5, 0.6) is 11.5 Å². The Morgan fingerprint density at radius 1 is 0.447 bits per heavy atom. The fourth-order valence-corrected chi connectivity index (χ4v) is 10.0. The number of phenolic OH excluding ortho intramolecular Hbond substituents is 2. The Hall–Kier alpha value is -9.72. The second-order valence-corrected chi connectivity index (χ2v) is 18.1. The first-order chi connectivity index (χ1) is 36.7. The highest BCUT2D eigenvalue weighted by Gasteiger charge is 2.39. The van der Waals surface area contributed by atoms with Crippen molar-refractivity contribution < 1.29 is 68.3 Å². The van der Waals surface area contributed by atoms with E-state index in [2.05, 4.69) is 31.9 Å². The number of amides is 4. The van der Waals surface area contributed by atoms with E-state index in [1.54, 1.807) is 0 Å². The van der Waals surface area contributed by atoms with Crippen LogP contribution in [-0.4, -0.2) is 119 Å². The monoisotopic (exact) mass is 1030 g/mol. The Labute approximate surface area is 433 Å². The van der Waals surface area contributed by atoms with Gasteiger partial charge in [0.15, 0.2) is 0 Å². The van der Waals surface area contributed by atoms with Gasteiger partial charge in [0.05, 0.1) is 35.1 Å². The van der Waals surface area contributed by atoms with Crippen molar-refractivity contribution in [3.8, 4) is 33.8 Å². The van der Waals surface area contributed by atoms with Gasteiger partial charge in [-0.15, -0.1) is 0 Å². The number of hydrogen-bond donors (Lipinski definition) is 10. The van der Waals surface area contributed by atoms with Gasteiger partial charge in [0.25, 0.3) is 0 Å². The number of phenols is 2. The molecule has 0 heterocycles. The maximum Gasteiger partial charge on any atom is 0.407 e. The molecule has 4 amide bonds. The summed E-state index contributed by atoms with van der Waals surface area (Å²) >= 11 is 0. The minimum Gasteiger partial charge on any atom is -0.507 e. The lowest BCUT2D eigenvalue weighted by molar-refractivity contribution is -0.140. The highest BCUT2D eigenvalue weighted by molar-refractivity contribution is 6.33. The average Bonchev–Trinajstić information content (AvgIpc) is 3.94. The zero-order valence-electron chi connectivity index (χ0n) is 40.4. The molecule has 3 aliphatic carbocycles. The van der Waals surface area contributed by atoms with Crippen LogP contribution in [0.15, 0.2) is 121 Å². The molecule has 0 spiro atoms. The molecule has 2 atom stereocenters. The molecule has 76 heavy (non-hydrogen) atoms. The number of carbonyl (C=O) groups excluding carboxylic acids is 6. The van der Waals surface area contributed by atoms with Crippen molar-refractivity contribution in [1.82, 2.24) is 21.3 Å². The SMILES string of the molecule is O=C(O)C[C@H](NC(=O)OCC1c2ccccc2-c2ccccc21)C(=O)NCCNc1ccc(NCCNC(=O)[C@H](CC(=O)O)NC(=O)OCC2c3ccccc3-c3ccccc32)c2c1C(=O)c1c(O)ccc(O)c1C2=O. The van der Waals surface area contributed by atoms with E-state index in [1.807, 2.05) is 97.1 Å². The third-order valence-corrected chi connectivity index (χ3v) is 13.4. The average molecular weight is 1030 g/mol. The number of fused-ring (bicyclic) bond motifs is 8. The van der Waals surface area contributed by atoms with Gasteiger partial charge in [-0.05, 0) is 68.8 Å². The van der Waals surface area contributed by atoms with Gasteiger partial charge in [-0.1, -0.05) is 97.1 Å². The highest BCUT2D eigenvalue weighted by atomic mass is 16.6. The molecular formula is C56H50N6O14. The summed E-state index contributed by atoms with van der Waals surface area (Å²) < 4.78 is 11.1. The van der Waals surface area contributed by atoms with Crippen molar-refractivity contribution in [3.05, 3.63) is 166 Å². The smallest absolute Gasteiger partial charge is 0.407 e. The zero-order valence-corrected chi connectivity index (χ0v) is 40.4. The number of ketones is 2. The van der Waals surface area contributed by atoms with E-state index in [4.69, 9.17) is 9.47 Å². The van der Waals surface area contributed by atoms with Crippen LogP contribution in [0.2, 0.25) is 0 Å². The van der Waals surface area contributed by atoms with Crippen molar-refractivity contribution in [1.29, 1.82) is 0 Å². The summed E-state index contributed by atoms with van der Waals surface area (Å²) in [5, 5.41) is 56.4. The van der Waals surface area contributed by atoms with Gasteiger partial charge in [-0.25, -0.2) is 9.59 Å². The van der Waals surface area contributed by atoms with Crippen LogP contribution < -0.4 is 31.9 Å². The molecule has 10 N–H and O–H groups in total. The van der Waals surface area contributed by atoms with E-state index in [0.29, 0.717) is 0 Å². The number of carboxylic acid groups (broad SMARTS) is 2. The summed E-state index contributed by atoms with van der Waals surface area (Å²) in [7, 11) is 0. The number of carbonyl (C=O) groups is 8. The molecule has 0 radical (unpaired) electrons. The normalized spacial score (nSPS) is 13.5. The molecule has 0 saturated heterocycles. The van der Waals surface area contributed by atoms with Gasteiger partial charge in [0, 0.05) is 49.4 Å². The lowest BCUT2D eigenvalue weighted by Gasteiger charge is -2.25. The summed E-state index contributed by atoms with van der Waals surface area (Å²) in [5.74, 6) is -7.86. The van der Waals surface area contributed by atoms with Crippen molar-refractivity contribution in [3.63, 3.8) is 0 Å². The van der Waals surface area contributed by atoms with Crippen molar-refractivity contribution >= 4 is 58.9 Å². The number of carboxylic acids is 2. The third-order valence-electron chi connectivity index (χ3n) is 13.4. The molecule has 0 fully saturated rings. The molecule has 0 unspecified atom stereocenters. The van der Waals surface area contributed by atoms with Gasteiger partial charge in [-0.2, -0.15) is 0 Å². The first-order valence-electron chi connectivity index (χ1n) is 24.2. The highest BCUT2D eigenvalue weighted by Crippen LogP contribution is 2.46. The number of ether oxygens (including phenoxy) is 2. The third kappa shape index (κ3) is 10.5. The Morgan fingerprint density at radius 3 is 1.11 bits per heavy atom. The first-order valence-corrected chi connectivity index (χ1v) is 24.2. The minimum atomic E-state index is -1.54. The van der Waals surface area contributed by atoms with Crippen molar-refractivity contribution in [2.45, 2.75) is 36.8 Å². The van der Waals surface area contributed by atoms with Crippen molar-refractivity contribution in [2.24, 2.45) is 0 Å². The number of hydrogen-bond acceptors (Lipinski definition) is 14. The summed E-state index contributed by atoms with van der Waals surface area (Å²) in [5.41, 5.74) is 6.65. The number of anilines is 2. The molecule has 6 aromatic rings. The minimum absolute atomic E-state index is 0.0736. The zero-order chi connectivity index (χ0) is 53.6. The van der Waals surface area contributed by atoms with Gasteiger partial charge in [-0.3, -0.25) is 28.8 Å². The summed E-state index contributed by atoms with van der Waals surface area (Å²) in [6, 6.07) is 32.7.